The highest BCUT2D eigenvalue weighted by atomic mass is 15.0. The number of benzene rings is 1. The quantitative estimate of drug-likeness (QED) is 0.773. The van der Waals surface area contributed by atoms with Crippen LogP contribution in [0.1, 0.15) is 43.4 Å². The first-order chi connectivity index (χ1) is 8.78. The summed E-state index contributed by atoms with van der Waals surface area (Å²) in [7, 11) is 0. The Labute approximate surface area is 109 Å². The highest BCUT2D eigenvalue weighted by Gasteiger charge is 2.18. The van der Waals surface area contributed by atoms with Gasteiger partial charge in [-0.05, 0) is 48.8 Å². The third-order valence-corrected chi connectivity index (χ3v) is 4.18. The van der Waals surface area contributed by atoms with Crippen molar-refractivity contribution in [2.24, 2.45) is 15.9 Å². The first kappa shape index (κ1) is 11.6. The Morgan fingerprint density at radius 2 is 2.06 bits per heavy atom. The van der Waals surface area contributed by atoms with Crippen LogP contribution in [0.2, 0.25) is 0 Å². The summed E-state index contributed by atoms with van der Waals surface area (Å²) in [4.78, 5) is 9.32. The molecule has 0 bridgehead atoms. The number of rotatable bonds is 3. The standard InChI is InChI=1S/C16H20N2/c1-3-11(2)15-10-17-16(18-15)14-8-7-12-5-4-6-13(12)9-14/h7-9,11H,3-6,10H2,1-2H3. The van der Waals surface area contributed by atoms with Crippen LogP contribution in [0.4, 0.5) is 0 Å². The van der Waals surface area contributed by atoms with E-state index in [0.717, 1.165) is 18.8 Å². The van der Waals surface area contributed by atoms with E-state index in [4.69, 9.17) is 4.99 Å². The van der Waals surface area contributed by atoms with Crippen molar-refractivity contribution in [2.75, 3.05) is 6.54 Å². The van der Waals surface area contributed by atoms with Crippen LogP contribution in [0.25, 0.3) is 0 Å². The fraction of sp³-hybridized carbons (Fsp3) is 0.500. The molecule has 3 rings (SSSR count). The van der Waals surface area contributed by atoms with Crippen LogP contribution >= 0.6 is 0 Å². The molecule has 0 saturated carbocycles. The van der Waals surface area contributed by atoms with E-state index in [2.05, 4.69) is 37.0 Å². The van der Waals surface area contributed by atoms with Crippen LogP contribution in [0.15, 0.2) is 28.2 Å². The Kier molecular flexibility index (Phi) is 3.02. The van der Waals surface area contributed by atoms with E-state index in [1.807, 2.05) is 0 Å². The fourth-order valence-electron chi connectivity index (χ4n) is 2.73. The van der Waals surface area contributed by atoms with Gasteiger partial charge in [0.2, 0.25) is 0 Å². The van der Waals surface area contributed by atoms with Gasteiger partial charge in [0.25, 0.3) is 0 Å². The largest absolute Gasteiger partial charge is 0.260 e. The van der Waals surface area contributed by atoms with Gasteiger partial charge < -0.3 is 0 Å². The Bertz CT molecular complexity index is 526. The van der Waals surface area contributed by atoms with Gasteiger partial charge in [-0.2, -0.15) is 0 Å². The molecule has 2 heteroatoms. The predicted molar refractivity (Wildman–Crippen MR) is 76.8 cm³/mol. The number of hydrogen-bond acceptors (Lipinski definition) is 2. The summed E-state index contributed by atoms with van der Waals surface area (Å²) in [5, 5.41) is 0. The van der Waals surface area contributed by atoms with E-state index in [1.54, 1.807) is 0 Å². The van der Waals surface area contributed by atoms with Crippen LogP contribution in [0.3, 0.4) is 0 Å². The number of nitrogens with zero attached hydrogens (tertiary/aromatic N) is 2. The van der Waals surface area contributed by atoms with Crippen molar-refractivity contribution in [1.29, 1.82) is 0 Å². The van der Waals surface area contributed by atoms with Crippen LogP contribution in [-0.2, 0) is 12.8 Å². The maximum Gasteiger partial charge on any atom is 0.154 e. The SMILES string of the molecule is CCC(C)C1=NC(c2ccc3c(c2)CCC3)=NC1. The molecule has 0 amide bonds. The van der Waals surface area contributed by atoms with E-state index in [0.29, 0.717) is 5.92 Å². The third-order valence-electron chi connectivity index (χ3n) is 4.18. The molecule has 0 saturated heterocycles. The molecule has 1 atom stereocenters. The summed E-state index contributed by atoms with van der Waals surface area (Å²) in [5.41, 5.74) is 5.47. The molecule has 1 aliphatic heterocycles. The molecule has 2 nitrogen and oxygen atoms in total. The van der Waals surface area contributed by atoms with Gasteiger partial charge in [-0.25, -0.2) is 4.99 Å². The minimum Gasteiger partial charge on any atom is -0.260 e. The normalized spacial score (nSPS) is 19.4. The summed E-state index contributed by atoms with van der Waals surface area (Å²) < 4.78 is 0. The van der Waals surface area contributed by atoms with E-state index in [-0.39, 0.29) is 0 Å². The molecular formula is C16H20N2. The number of aryl methyl sites for hydroxylation is 2. The first-order valence-corrected chi connectivity index (χ1v) is 7.02. The van der Waals surface area contributed by atoms with Crippen LogP contribution in [0.5, 0.6) is 0 Å². The Hall–Kier alpha value is -1.44. The summed E-state index contributed by atoms with van der Waals surface area (Å²) in [5.74, 6) is 1.50. The summed E-state index contributed by atoms with van der Waals surface area (Å²) in [6.07, 6.45) is 4.90. The van der Waals surface area contributed by atoms with E-state index in [1.165, 1.54) is 41.7 Å². The van der Waals surface area contributed by atoms with Crippen molar-refractivity contribution in [3.8, 4) is 0 Å². The van der Waals surface area contributed by atoms with Gasteiger partial charge in [0.15, 0.2) is 5.84 Å². The Morgan fingerprint density at radius 1 is 1.22 bits per heavy atom. The van der Waals surface area contributed by atoms with Crippen molar-refractivity contribution in [2.45, 2.75) is 39.5 Å². The average molecular weight is 240 g/mol. The third kappa shape index (κ3) is 2.00. The van der Waals surface area contributed by atoms with Crippen LogP contribution in [0, 0.1) is 5.92 Å². The monoisotopic (exact) mass is 240 g/mol. The van der Waals surface area contributed by atoms with Gasteiger partial charge in [0.05, 0.1) is 6.54 Å². The highest BCUT2D eigenvalue weighted by molar-refractivity contribution is 6.12. The molecular weight excluding hydrogens is 220 g/mol. The van der Waals surface area contributed by atoms with Crippen LogP contribution < -0.4 is 0 Å². The Balaban J connectivity index is 1.86. The average Bonchev–Trinajstić information content (AvgIpc) is 3.05. The second-order valence-corrected chi connectivity index (χ2v) is 5.39. The molecule has 1 unspecified atom stereocenters. The molecule has 0 fully saturated rings. The molecule has 2 aliphatic rings. The van der Waals surface area contributed by atoms with Crippen molar-refractivity contribution in [3.05, 3.63) is 34.9 Å². The van der Waals surface area contributed by atoms with Gasteiger partial charge in [-0.3, -0.25) is 4.99 Å². The van der Waals surface area contributed by atoms with Gasteiger partial charge in [-0.1, -0.05) is 26.0 Å². The molecule has 0 spiro atoms. The predicted octanol–water partition coefficient (Wildman–Crippen LogP) is 3.42. The summed E-state index contributed by atoms with van der Waals surface area (Å²) >= 11 is 0. The molecule has 1 aromatic carbocycles. The minimum atomic E-state index is 0.556. The molecule has 18 heavy (non-hydrogen) atoms. The van der Waals surface area contributed by atoms with Gasteiger partial charge >= 0.3 is 0 Å². The lowest BCUT2D eigenvalue weighted by Crippen LogP contribution is -2.10. The number of amidine groups is 1. The first-order valence-electron chi connectivity index (χ1n) is 7.02. The maximum absolute atomic E-state index is 4.72. The molecule has 0 N–H and O–H groups in total. The lowest BCUT2D eigenvalue weighted by atomic mass is 10.0. The maximum atomic E-state index is 4.72. The van der Waals surface area contributed by atoms with Crippen molar-refractivity contribution in [3.63, 3.8) is 0 Å². The second kappa shape index (κ2) is 4.68. The number of aliphatic imine (C=N–C) groups is 2. The van der Waals surface area contributed by atoms with E-state index in [9.17, 15) is 0 Å². The molecule has 1 aromatic rings. The topological polar surface area (TPSA) is 24.7 Å². The molecule has 1 heterocycles. The zero-order chi connectivity index (χ0) is 12.5. The van der Waals surface area contributed by atoms with Gasteiger partial charge in [0, 0.05) is 11.3 Å². The second-order valence-electron chi connectivity index (χ2n) is 5.39. The van der Waals surface area contributed by atoms with E-state index >= 15 is 0 Å². The zero-order valence-corrected chi connectivity index (χ0v) is 11.2. The fourth-order valence-corrected chi connectivity index (χ4v) is 2.73. The summed E-state index contributed by atoms with van der Waals surface area (Å²) in [6, 6.07) is 6.74. The number of hydrogen-bond donors (Lipinski definition) is 0. The van der Waals surface area contributed by atoms with Crippen molar-refractivity contribution >= 4 is 11.5 Å². The Morgan fingerprint density at radius 3 is 2.89 bits per heavy atom. The molecule has 0 aromatic heterocycles. The highest BCUT2D eigenvalue weighted by Crippen LogP contribution is 2.24. The molecule has 0 radical (unpaired) electrons. The molecule has 1 aliphatic carbocycles. The lowest BCUT2D eigenvalue weighted by Gasteiger charge is -2.06. The minimum absolute atomic E-state index is 0.556. The van der Waals surface area contributed by atoms with Crippen molar-refractivity contribution < 1.29 is 0 Å². The van der Waals surface area contributed by atoms with Gasteiger partial charge in [0.1, 0.15) is 0 Å². The van der Waals surface area contributed by atoms with E-state index < -0.39 is 0 Å². The van der Waals surface area contributed by atoms with Gasteiger partial charge in [-0.15, -0.1) is 0 Å². The van der Waals surface area contributed by atoms with Crippen LogP contribution in [-0.4, -0.2) is 18.1 Å². The molecule has 94 valence electrons. The van der Waals surface area contributed by atoms with Crippen molar-refractivity contribution in [1.82, 2.24) is 0 Å². The summed E-state index contributed by atoms with van der Waals surface area (Å²) in [6.45, 7) is 5.24. The smallest absolute Gasteiger partial charge is 0.154 e. The lowest BCUT2D eigenvalue weighted by molar-refractivity contribution is 0.734. The number of fused-ring (bicyclic) bond motifs is 1. The zero-order valence-electron chi connectivity index (χ0n) is 11.2.